The lowest BCUT2D eigenvalue weighted by molar-refractivity contribution is 0.0649. The second kappa shape index (κ2) is 7.08. The highest BCUT2D eigenvalue weighted by Gasteiger charge is 2.26. The van der Waals surface area contributed by atoms with Gasteiger partial charge in [0.05, 0.1) is 9.75 Å². The maximum atomic E-state index is 12.6. The molecule has 4 nitrogen and oxygen atoms in total. The molecule has 0 saturated carbocycles. The van der Waals surface area contributed by atoms with E-state index in [4.69, 9.17) is 5.11 Å². The van der Waals surface area contributed by atoms with Gasteiger partial charge in [-0.1, -0.05) is 11.8 Å². The van der Waals surface area contributed by atoms with Gasteiger partial charge in [-0.15, -0.1) is 11.3 Å². The highest BCUT2D eigenvalue weighted by molar-refractivity contribution is 7.14. The number of nitrogens with zero attached hydrogens (tertiary/aromatic N) is 2. The van der Waals surface area contributed by atoms with Crippen molar-refractivity contribution in [1.82, 2.24) is 9.80 Å². The number of carbonyl (C=O) groups excluding carboxylic acids is 1. The predicted octanol–water partition coefficient (Wildman–Crippen LogP) is 1.57. The summed E-state index contributed by atoms with van der Waals surface area (Å²) in [5, 5.41) is 8.77. The number of carbonyl (C=O) groups is 1. The number of hydrogen-bond acceptors (Lipinski definition) is 4. The van der Waals surface area contributed by atoms with Gasteiger partial charge < -0.3 is 14.9 Å². The number of likely N-dealkylation sites (tertiary alicyclic amines) is 1. The van der Waals surface area contributed by atoms with Gasteiger partial charge >= 0.3 is 0 Å². The van der Waals surface area contributed by atoms with Crippen LogP contribution in [-0.2, 0) is 0 Å². The Morgan fingerprint density at radius 1 is 1.62 bits per heavy atom. The molecule has 1 aliphatic heterocycles. The van der Waals surface area contributed by atoms with Gasteiger partial charge in [0.2, 0.25) is 0 Å². The van der Waals surface area contributed by atoms with Crippen molar-refractivity contribution in [2.45, 2.75) is 25.8 Å². The Bertz CT molecular complexity index is 571. The standard InChI is InChI=1S/C16H22N2O2S/c1-12-10-15(21-14(12)7-5-9-19)16(20)18(3)13-6-4-8-17(2)11-13/h10,13,19H,4,6,8-9,11H2,1-3H3. The molecule has 1 atom stereocenters. The molecular formula is C16H22N2O2S. The van der Waals surface area contributed by atoms with E-state index in [1.54, 1.807) is 0 Å². The molecule has 0 radical (unpaired) electrons. The van der Waals surface area contributed by atoms with E-state index in [0.717, 1.165) is 41.2 Å². The van der Waals surface area contributed by atoms with E-state index in [2.05, 4.69) is 23.8 Å². The fourth-order valence-corrected chi connectivity index (χ4v) is 3.66. The van der Waals surface area contributed by atoms with E-state index in [1.807, 2.05) is 24.9 Å². The molecule has 2 heterocycles. The number of hydrogen-bond donors (Lipinski definition) is 1. The average molecular weight is 306 g/mol. The van der Waals surface area contributed by atoms with E-state index in [0.29, 0.717) is 0 Å². The Kier molecular flexibility index (Phi) is 5.40. The molecule has 1 amide bonds. The monoisotopic (exact) mass is 306 g/mol. The second-order valence-electron chi connectivity index (χ2n) is 5.56. The summed E-state index contributed by atoms with van der Waals surface area (Å²) in [5.41, 5.74) is 0.999. The van der Waals surface area contributed by atoms with Crippen LogP contribution in [0, 0.1) is 18.8 Å². The summed E-state index contributed by atoms with van der Waals surface area (Å²) in [5.74, 6) is 5.61. The number of likely N-dealkylation sites (N-methyl/N-ethyl adjacent to an activating group) is 2. The third kappa shape index (κ3) is 3.85. The first-order chi connectivity index (χ1) is 10.0. The van der Waals surface area contributed by atoms with E-state index in [9.17, 15) is 4.79 Å². The third-order valence-corrected chi connectivity index (χ3v) is 5.02. The van der Waals surface area contributed by atoms with Gasteiger partial charge in [-0.2, -0.15) is 0 Å². The Labute approximate surface area is 130 Å². The summed E-state index contributed by atoms with van der Waals surface area (Å²) in [6, 6.07) is 2.18. The number of rotatable bonds is 2. The average Bonchev–Trinajstić information content (AvgIpc) is 2.84. The molecule has 1 aromatic heterocycles. The molecule has 1 N–H and O–H groups in total. The van der Waals surface area contributed by atoms with Crippen LogP contribution in [0.15, 0.2) is 6.07 Å². The summed E-state index contributed by atoms with van der Waals surface area (Å²) in [4.78, 5) is 18.3. The Morgan fingerprint density at radius 3 is 3.05 bits per heavy atom. The van der Waals surface area contributed by atoms with E-state index < -0.39 is 0 Å². The lowest BCUT2D eigenvalue weighted by atomic mass is 10.0. The number of aryl methyl sites for hydroxylation is 1. The summed E-state index contributed by atoms with van der Waals surface area (Å²) >= 11 is 1.41. The van der Waals surface area contributed by atoms with Gasteiger partial charge in [0.25, 0.3) is 5.91 Å². The molecule has 1 fully saturated rings. The summed E-state index contributed by atoms with van der Waals surface area (Å²) in [6.07, 6.45) is 2.20. The Hall–Kier alpha value is -1.35. The zero-order valence-electron chi connectivity index (χ0n) is 12.8. The van der Waals surface area contributed by atoms with E-state index >= 15 is 0 Å². The minimum atomic E-state index is -0.158. The molecule has 1 aromatic rings. The van der Waals surface area contributed by atoms with Gasteiger partial charge in [-0.3, -0.25) is 4.79 Å². The topological polar surface area (TPSA) is 43.8 Å². The minimum absolute atomic E-state index is 0.0699. The highest BCUT2D eigenvalue weighted by atomic mass is 32.1. The molecule has 5 heteroatoms. The smallest absolute Gasteiger partial charge is 0.264 e. The molecule has 2 rings (SSSR count). The molecule has 1 saturated heterocycles. The van der Waals surface area contributed by atoms with E-state index in [-0.39, 0.29) is 18.6 Å². The van der Waals surface area contributed by atoms with Crippen molar-refractivity contribution in [3.05, 3.63) is 21.4 Å². The van der Waals surface area contributed by atoms with Crippen LogP contribution in [0.2, 0.25) is 0 Å². The number of thiophene rings is 1. The minimum Gasteiger partial charge on any atom is -0.384 e. The molecule has 1 aliphatic rings. The Morgan fingerprint density at radius 2 is 2.38 bits per heavy atom. The molecule has 0 aliphatic carbocycles. The normalized spacial score (nSPS) is 19.0. The fourth-order valence-electron chi connectivity index (χ4n) is 2.63. The van der Waals surface area contributed by atoms with Crippen LogP contribution in [0.4, 0.5) is 0 Å². The maximum Gasteiger partial charge on any atom is 0.264 e. The van der Waals surface area contributed by atoms with Gasteiger partial charge in [-0.25, -0.2) is 0 Å². The number of aliphatic hydroxyl groups excluding tert-OH is 1. The molecule has 114 valence electrons. The zero-order valence-corrected chi connectivity index (χ0v) is 13.7. The number of aliphatic hydroxyl groups is 1. The summed E-state index contributed by atoms with van der Waals surface area (Å²) in [6.45, 7) is 3.83. The van der Waals surface area contributed by atoms with E-state index in [1.165, 1.54) is 11.3 Å². The first kappa shape index (κ1) is 16.0. The van der Waals surface area contributed by atoms with Crippen molar-refractivity contribution in [1.29, 1.82) is 0 Å². The lowest BCUT2D eigenvalue weighted by Gasteiger charge is -2.35. The van der Waals surface area contributed by atoms with Crippen molar-refractivity contribution >= 4 is 17.2 Å². The van der Waals surface area contributed by atoms with Crippen LogP contribution in [0.3, 0.4) is 0 Å². The van der Waals surface area contributed by atoms with Gasteiger partial charge in [0.15, 0.2) is 0 Å². The van der Waals surface area contributed by atoms with Gasteiger partial charge in [0, 0.05) is 19.6 Å². The van der Waals surface area contributed by atoms with Crippen molar-refractivity contribution in [3.8, 4) is 11.8 Å². The zero-order chi connectivity index (χ0) is 15.4. The molecular weight excluding hydrogens is 284 g/mol. The predicted molar refractivity (Wildman–Crippen MR) is 85.6 cm³/mol. The molecule has 0 spiro atoms. The quantitative estimate of drug-likeness (QED) is 0.844. The van der Waals surface area contributed by atoms with Crippen molar-refractivity contribution in [3.63, 3.8) is 0 Å². The number of amides is 1. The first-order valence-corrected chi connectivity index (χ1v) is 8.00. The van der Waals surface area contributed by atoms with Crippen LogP contribution >= 0.6 is 11.3 Å². The van der Waals surface area contributed by atoms with Crippen LogP contribution in [0.25, 0.3) is 0 Å². The van der Waals surface area contributed by atoms with Crippen LogP contribution in [-0.4, -0.2) is 60.6 Å². The molecule has 21 heavy (non-hydrogen) atoms. The van der Waals surface area contributed by atoms with Gasteiger partial charge in [-0.05, 0) is 45.0 Å². The maximum absolute atomic E-state index is 12.6. The Balaban J connectivity index is 2.12. The SMILES string of the molecule is Cc1cc(C(=O)N(C)C2CCCN(C)C2)sc1C#CCO. The third-order valence-electron chi connectivity index (χ3n) is 3.88. The highest BCUT2D eigenvalue weighted by Crippen LogP contribution is 2.24. The van der Waals surface area contributed by atoms with Crippen molar-refractivity contribution in [2.24, 2.45) is 0 Å². The second-order valence-corrected chi connectivity index (χ2v) is 6.61. The van der Waals surface area contributed by atoms with Crippen molar-refractivity contribution in [2.75, 3.05) is 33.8 Å². The molecule has 0 bridgehead atoms. The fraction of sp³-hybridized carbons (Fsp3) is 0.562. The molecule has 0 aromatic carbocycles. The largest absolute Gasteiger partial charge is 0.384 e. The first-order valence-electron chi connectivity index (χ1n) is 7.18. The lowest BCUT2D eigenvalue weighted by Crippen LogP contribution is -2.47. The van der Waals surface area contributed by atoms with Crippen LogP contribution in [0.5, 0.6) is 0 Å². The molecule has 1 unspecified atom stereocenters. The van der Waals surface area contributed by atoms with Crippen LogP contribution in [0.1, 0.15) is 33.0 Å². The van der Waals surface area contributed by atoms with Crippen LogP contribution < -0.4 is 0 Å². The number of piperidine rings is 1. The van der Waals surface area contributed by atoms with Gasteiger partial charge in [0.1, 0.15) is 6.61 Å². The summed E-state index contributed by atoms with van der Waals surface area (Å²) < 4.78 is 0. The summed E-state index contributed by atoms with van der Waals surface area (Å²) in [7, 11) is 3.99. The van der Waals surface area contributed by atoms with Crippen molar-refractivity contribution < 1.29 is 9.90 Å².